The number of carbonyl (C=O) groups is 4. The van der Waals surface area contributed by atoms with Gasteiger partial charge in [-0.3, -0.25) is 14.4 Å². The molecule has 8 N–H and O–H groups in total. The van der Waals surface area contributed by atoms with Crippen LogP contribution in [0.15, 0.2) is 0 Å². The number of nitrogens with one attached hydrogen (secondary N) is 2. The Balaban J connectivity index is 5.05. The van der Waals surface area contributed by atoms with Gasteiger partial charge in [0.1, 0.15) is 6.04 Å². The summed E-state index contributed by atoms with van der Waals surface area (Å²) in [6, 6.07) is -3.86. The fourth-order valence-electron chi connectivity index (χ4n) is 1.95. The first-order valence-corrected chi connectivity index (χ1v) is 7.51. The van der Waals surface area contributed by atoms with Gasteiger partial charge in [0.25, 0.3) is 0 Å². The Morgan fingerprint density at radius 2 is 1.58 bits per heavy atom. The van der Waals surface area contributed by atoms with Crippen molar-refractivity contribution in [3.05, 3.63) is 0 Å². The molecule has 0 spiro atoms. The molecule has 0 bridgehead atoms. The van der Waals surface area contributed by atoms with Gasteiger partial charge in [0.2, 0.25) is 17.7 Å². The molecule has 138 valence electrons. The molecule has 0 aromatic rings. The van der Waals surface area contributed by atoms with Crippen LogP contribution in [0.25, 0.3) is 0 Å². The van der Waals surface area contributed by atoms with Gasteiger partial charge in [0.15, 0.2) is 6.04 Å². The third-order valence-corrected chi connectivity index (χ3v) is 3.15. The Bertz CT molecular complexity index is 480. The fourth-order valence-corrected chi connectivity index (χ4v) is 1.95. The standard InChI is InChI=1S/C14H26N4O6/c1-6(2)4-8(15)12(21)17-9(5-10(16)20)13(22)18-11(7(3)19)14(23)24/h6-9,11,19H,4-5,15H2,1-3H3,(H2,16,20)(H,17,21)(H,18,22)(H,23,24)/t7-,8+,9+,11+/m1/s1. The van der Waals surface area contributed by atoms with Crippen molar-refractivity contribution in [2.45, 2.75) is 57.8 Å². The molecule has 4 atom stereocenters. The number of rotatable bonds is 10. The highest BCUT2D eigenvalue weighted by atomic mass is 16.4. The predicted octanol–water partition coefficient (Wildman–Crippen LogP) is -2.33. The minimum absolute atomic E-state index is 0.140. The normalized spacial score (nSPS) is 15.9. The van der Waals surface area contributed by atoms with E-state index in [0.717, 1.165) is 0 Å². The zero-order chi connectivity index (χ0) is 19.0. The first-order chi connectivity index (χ1) is 11.0. The van der Waals surface area contributed by atoms with Crippen molar-refractivity contribution in [2.24, 2.45) is 17.4 Å². The van der Waals surface area contributed by atoms with Crippen LogP contribution in [0, 0.1) is 5.92 Å². The van der Waals surface area contributed by atoms with Crippen molar-refractivity contribution in [1.29, 1.82) is 0 Å². The number of aliphatic hydroxyl groups is 1. The van der Waals surface area contributed by atoms with Crippen LogP contribution in [0.2, 0.25) is 0 Å². The molecule has 0 aromatic heterocycles. The SMILES string of the molecule is CC(C)C[C@H](N)C(=O)N[C@@H](CC(N)=O)C(=O)N[C@H](C(=O)O)[C@@H](C)O. The summed E-state index contributed by atoms with van der Waals surface area (Å²) in [4.78, 5) is 46.2. The number of nitrogens with two attached hydrogens (primary N) is 2. The Morgan fingerprint density at radius 1 is 1.04 bits per heavy atom. The smallest absolute Gasteiger partial charge is 0.328 e. The van der Waals surface area contributed by atoms with Crippen molar-refractivity contribution in [3.63, 3.8) is 0 Å². The van der Waals surface area contributed by atoms with Crippen molar-refractivity contribution in [1.82, 2.24) is 10.6 Å². The Morgan fingerprint density at radius 3 is 1.96 bits per heavy atom. The number of carboxylic acids is 1. The summed E-state index contributed by atoms with van der Waals surface area (Å²) < 4.78 is 0. The van der Waals surface area contributed by atoms with Gasteiger partial charge in [0.05, 0.1) is 18.6 Å². The number of carboxylic acid groups (broad SMARTS) is 1. The van der Waals surface area contributed by atoms with E-state index in [4.69, 9.17) is 16.6 Å². The largest absolute Gasteiger partial charge is 0.480 e. The number of aliphatic carboxylic acids is 1. The summed E-state index contributed by atoms with van der Waals surface area (Å²) in [5.41, 5.74) is 10.7. The number of hydrogen-bond donors (Lipinski definition) is 6. The van der Waals surface area contributed by atoms with E-state index >= 15 is 0 Å². The zero-order valence-electron chi connectivity index (χ0n) is 14.0. The van der Waals surface area contributed by atoms with Crippen molar-refractivity contribution in [3.8, 4) is 0 Å². The predicted molar refractivity (Wildman–Crippen MR) is 84.4 cm³/mol. The lowest BCUT2D eigenvalue weighted by Gasteiger charge is -2.23. The number of hydrogen-bond acceptors (Lipinski definition) is 6. The fraction of sp³-hybridized carbons (Fsp3) is 0.714. The molecular formula is C14H26N4O6. The second-order valence-corrected chi connectivity index (χ2v) is 6.03. The van der Waals surface area contributed by atoms with Gasteiger partial charge >= 0.3 is 5.97 Å². The Labute approximate surface area is 139 Å². The number of carbonyl (C=O) groups excluding carboxylic acids is 3. The first kappa shape index (κ1) is 21.8. The first-order valence-electron chi connectivity index (χ1n) is 7.51. The number of primary amides is 1. The lowest BCUT2D eigenvalue weighted by atomic mass is 10.0. The Hall–Kier alpha value is -2.20. The van der Waals surface area contributed by atoms with Crippen LogP contribution < -0.4 is 22.1 Å². The quantitative estimate of drug-likeness (QED) is 0.256. The molecule has 0 aliphatic rings. The Kier molecular flexibility index (Phi) is 8.93. The maximum absolute atomic E-state index is 12.1. The molecule has 0 aliphatic heterocycles. The lowest BCUT2D eigenvalue weighted by Crippen LogP contribution is -2.57. The molecule has 0 aromatic carbocycles. The molecule has 0 heterocycles. The molecule has 24 heavy (non-hydrogen) atoms. The van der Waals surface area contributed by atoms with Crippen LogP contribution in [-0.2, 0) is 19.2 Å². The second kappa shape index (κ2) is 9.83. The van der Waals surface area contributed by atoms with E-state index in [0.29, 0.717) is 6.42 Å². The summed E-state index contributed by atoms with van der Waals surface area (Å²) in [5.74, 6) is -3.79. The summed E-state index contributed by atoms with van der Waals surface area (Å²) in [7, 11) is 0. The third-order valence-electron chi connectivity index (χ3n) is 3.15. The van der Waals surface area contributed by atoms with E-state index in [1.807, 2.05) is 13.8 Å². The average Bonchev–Trinajstić information content (AvgIpc) is 2.41. The van der Waals surface area contributed by atoms with E-state index in [2.05, 4.69) is 10.6 Å². The van der Waals surface area contributed by atoms with E-state index < -0.39 is 54.3 Å². The average molecular weight is 346 g/mol. The summed E-state index contributed by atoms with van der Waals surface area (Å²) in [6.45, 7) is 4.90. The maximum Gasteiger partial charge on any atom is 0.328 e. The molecule has 0 saturated carbocycles. The van der Waals surface area contributed by atoms with E-state index in [-0.39, 0.29) is 5.92 Å². The maximum atomic E-state index is 12.1. The summed E-state index contributed by atoms with van der Waals surface area (Å²) in [6.07, 6.45) is -1.54. The van der Waals surface area contributed by atoms with Crippen LogP contribution in [0.1, 0.15) is 33.6 Å². The van der Waals surface area contributed by atoms with Crippen molar-refractivity contribution < 1.29 is 29.4 Å². The minimum atomic E-state index is -1.59. The highest BCUT2D eigenvalue weighted by Gasteiger charge is 2.31. The van der Waals surface area contributed by atoms with Gasteiger partial charge < -0.3 is 32.3 Å². The van der Waals surface area contributed by atoms with Gasteiger partial charge in [-0.2, -0.15) is 0 Å². The van der Waals surface area contributed by atoms with Crippen LogP contribution >= 0.6 is 0 Å². The molecule has 0 saturated heterocycles. The monoisotopic (exact) mass is 346 g/mol. The molecule has 0 unspecified atom stereocenters. The van der Waals surface area contributed by atoms with Gasteiger partial charge in [-0.15, -0.1) is 0 Å². The van der Waals surface area contributed by atoms with Gasteiger partial charge in [-0.05, 0) is 19.3 Å². The van der Waals surface area contributed by atoms with Gasteiger partial charge in [0, 0.05) is 0 Å². The highest BCUT2D eigenvalue weighted by Crippen LogP contribution is 2.04. The number of amides is 3. The van der Waals surface area contributed by atoms with E-state index in [9.17, 15) is 24.3 Å². The highest BCUT2D eigenvalue weighted by molar-refractivity contribution is 5.94. The van der Waals surface area contributed by atoms with Crippen molar-refractivity contribution in [2.75, 3.05) is 0 Å². The number of aliphatic hydroxyl groups excluding tert-OH is 1. The molecule has 0 fully saturated rings. The molecule has 0 rings (SSSR count). The summed E-state index contributed by atoms with van der Waals surface area (Å²) in [5, 5.41) is 22.7. The lowest BCUT2D eigenvalue weighted by molar-refractivity contribution is -0.145. The molecule has 10 heteroatoms. The van der Waals surface area contributed by atoms with E-state index in [1.165, 1.54) is 6.92 Å². The van der Waals surface area contributed by atoms with Gasteiger partial charge in [-0.1, -0.05) is 13.8 Å². The van der Waals surface area contributed by atoms with E-state index in [1.54, 1.807) is 0 Å². The van der Waals surface area contributed by atoms with Crippen LogP contribution in [0.5, 0.6) is 0 Å². The molecule has 3 amide bonds. The van der Waals surface area contributed by atoms with Crippen molar-refractivity contribution >= 4 is 23.7 Å². The van der Waals surface area contributed by atoms with Crippen LogP contribution in [-0.4, -0.2) is 58.1 Å². The zero-order valence-corrected chi connectivity index (χ0v) is 14.0. The minimum Gasteiger partial charge on any atom is -0.480 e. The molecule has 0 radical (unpaired) electrons. The van der Waals surface area contributed by atoms with Crippen LogP contribution in [0.4, 0.5) is 0 Å². The summed E-state index contributed by atoms with van der Waals surface area (Å²) >= 11 is 0. The molecule has 10 nitrogen and oxygen atoms in total. The molecule has 0 aliphatic carbocycles. The molecular weight excluding hydrogens is 320 g/mol. The second-order valence-electron chi connectivity index (χ2n) is 6.03. The van der Waals surface area contributed by atoms with Gasteiger partial charge in [-0.25, -0.2) is 4.79 Å². The third kappa shape index (κ3) is 7.88. The topological polar surface area (TPSA) is 185 Å². The van der Waals surface area contributed by atoms with Crippen LogP contribution in [0.3, 0.4) is 0 Å².